The van der Waals surface area contributed by atoms with E-state index >= 15 is 0 Å². The van der Waals surface area contributed by atoms with Gasteiger partial charge in [0, 0.05) is 13.1 Å². The highest BCUT2D eigenvalue weighted by Crippen LogP contribution is 2.07. The van der Waals surface area contributed by atoms with Gasteiger partial charge in [-0.2, -0.15) is 0 Å². The average Bonchev–Trinajstić information content (AvgIpc) is 2.52. The highest BCUT2D eigenvalue weighted by molar-refractivity contribution is 5.92. The first kappa shape index (κ1) is 15.0. The summed E-state index contributed by atoms with van der Waals surface area (Å²) in [6.45, 7) is 5.43. The zero-order valence-electron chi connectivity index (χ0n) is 12.4. The highest BCUT2D eigenvalue weighted by Gasteiger charge is 2.08. The molecule has 0 unspecified atom stereocenters. The van der Waals surface area contributed by atoms with Crippen LogP contribution < -0.4 is 10.6 Å². The molecule has 2 rings (SSSR count). The van der Waals surface area contributed by atoms with Crippen LogP contribution in [0.3, 0.4) is 0 Å². The lowest BCUT2D eigenvalue weighted by Crippen LogP contribution is -2.24. The second-order valence-electron chi connectivity index (χ2n) is 4.84. The van der Waals surface area contributed by atoms with Crippen LogP contribution in [0.4, 0.5) is 5.82 Å². The predicted molar refractivity (Wildman–Crippen MR) is 83.2 cm³/mol. The summed E-state index contributed by atoms with van der Waals surface area (Å²) in [7, 11) is 0. The van der Waals surface area contributed by atoms with Crippen LogP contribution >= 0.6 is 0 Å². The van der Waals surface area contributed by atoms with Crippen LogP contribution in [0.1, 0.15) is 35.0 Å². The molecule has 2 aromatic rings. The minimum Gasteiger partial charge on any atom is -0.369 e. The van der Waals surface area contributed by atoms with E-state index in [2.05, 4.69) is 27.8 Å². The van der Waals surface area contributed by atoms with Crippen LogP contribution in [0, 0.1) is 6.92 Å². The van der Waals surface area contributed by atoms with Crippen LogP contribution in [0.2, 0.25) is 0 Å². The Labute approximate surface area is 124 Å². The van der Waals surface area contributed by atoms with Crippen LogP contribution in [0.15, 0.2) is 36.4 Å². The first-order valence-corrected chi connectivity index (χ1v) is 7.11. The number of rotatable bonds is 6. The molecule has 5 nitrogen and oxygen atoms in total. The lowest BCUT2D eigenvalue weighted by molar-refractivity contribution is 0.0945. The summed E-state index contributed by atoms with van der Waals surface area (Å²) in [5.74, 6) is 0.472. The van der Waals surface area contributed by atoms with E-state index in [1.54, 1.807) is 12.1 Å². The van der Waals surface area contributed by atoms with Gasteiger partial charge in [-0.1, -0.05) is 31.2 Å². The predicted octanol–water partition coefficient (Wildman–Crippen LogP) is 2.54. The van der Waals surface area contributed by atoms with Crippen LogP contribution in [0.5, 0.6) is 0 Å². The fourth-order valence-corrected chi connectivity index (χ4v) is 1.88. The third-order valence-electron chi connectivity index (χ3n) is 3.15. The zero-order valence-corrected chi connectivity index (χ0v) is 12.4. The summed E-state index contributed by atoms with van der Waals surface area (Å²) in [6.07, 6.45) is 1.01. The minimum absolute atomic E-state index is 0.215. The van der Waals surface area contributed by atoms with Gasteiger partial charge in [0.15, 0.2) is 5.69 Å². The standard InChI is InChI=1S/C16H20N4O/c1-3-10-17-15-9-8-14(19-20-15)16(21)18-11-13-7-5-4-6-12(13)2/h4-9H,3,10-11H2,1-2H3,(H,17,20)(H,18,21). The number of carbonyl (C=O) groups excluding carboxylic acids is 1. The van der Waals surface area contributed by atoms with Gasteiger partial charge in [0.1, 0.15) is 5.82 Å². The number of amides is 1. The molecule has 0 aliphatic heterocycles. The maximum absolute atomic E-state index is 12.0. The summed E-state index contributed by atoms with van der Waals surface area (Å²) in [5, 5.41) is 13.9. The van der Waals surface area contributed by atoms with Gasteiger partial charge in [-0.15, -0.1) is 10.2 Å². The third kappa shape index (κ3) is 4.27. The molecule has 1 aromatic heterocycles. The van der Waals surface area contributed by atoms with Gasteiger partial charge in [0.25, 0.3) is 5.91 Å². The molecule has 1 aromatic carbocycles. The van der Waals surface area contributed by atoms with E-state index in [-0.39, 0.29) is 5.91 Å². The monoisotopic (exact) mass is 284 g/mol. The molecule has 110 valence electrons. The Balaban J connectivity index is 1.93. The first-order valence-electron chi connectivity index (χ1n) is 7.11. The van der Waals surface area contributed by atoms with E-state index < -0.39 is 0 Å². The Kier molecular flexibility index (Phi) is 5.26. The average molecular weight is 284 g/mol. The summed E-state index contributed by atoms with van der Waals surface area (Å²) in [4.78, 5) is 12.0. The highest BCUT2D eigenvalue weighted by atomic mass is 16.1. The van der Waals surface area contributed by atoms with Crippen molar-refractivity contribution in [2.75, 3.05) is 11.9 Å². The van der Waals surface area contributed by atoms with E-state index in [9.17, 15) is 4.79 Å². The van der Waals surface area contributed by atoms with E-state index in [1.165, 1.54) is 0 Å². The molecular formula is C16H20N4O. The van der Waals surface area contributed by atoms with Crippen molar-refractivity contribution in [2.24, 2.45) is 0 Å². The van der Waals surface area contributed by atoms with Crippen LogP contribution in [-0.4, -0.2) is 22.6 Å². The Morgan fingerprint density at radius 1 is 1.14 bits per heavy atom. The van der Waals surface area contributed by atoms with Crippen molar-refractivity contribution in [3.8, 4) is 0 Å². The quantitative estimate of drug-likeness (QED) is 0.855. The number of nitrogens with one attached hydrogen (secondary N) is 2. The summed E-state index contributed by atoms with van der Waals surface area (Å²) in [5.41, 5.74) is 2.58. The smallest absolute Gasteiger partial charge is 0.272 e. The molecule has 0 radical (unpaired) electrons. The molecule has 0 fully saturated rings. The number of nitrogens with zero attached hydrogens (tertiary/aromatic N) is 2. The fourth-order valence-electron chi connectivity index (χ4n) is 1.88. The largest absolute Gasteiger partial charge is 0.369 e. The molecule has 0 atom stereocenters. The summed E-state index contributed by atoms with van der Waals surface area (Å²) >= 11 is 0. The van der Waals surface area contributed by atoms with Crippen molar-refractivity contribution in [1.29, 1.82) is 0 Å². The Bertz CT molecular complexity index is 595. The van der Waals surface area contributed by atoms with E-state index in [1.807, 2.05) is 31.2 Å². The maximum Gasteiger partial charge on any atom is 0.272 e. The van der Waals surface area contributed by atoms with E-state index in [4.69, 9.17) is 0 Å². The van der Waals surface area contributed by atoms with Crippen molar-refractivity contribution >= 4 is 11.7 Å². The molecule has 0 spiro atoms. The first-order chi connectivity index (χ1) is 10.2. The molecule has 0 saturated carbocycles. The fraction of sp³-hybridized carbons (Fsp3) is 0.312. The number of hydrogen-bond acceptors (Lipinski definition) is 4. The minimum atomic E-state index is -0.215. The molecule has 1 heterocycles. The van der Waals surface area contributed by atoms with Crippen molar-refractivity contribution in [3.05, 3.63) is 53.2 Å². The van der Waals surface area contributed by atoms with Gasteiger partial charge >= 0.3 is 0 Å². The number of hydrogen-bond donors (Lipinski definition) is 2. The normalized spacial score (nSPS) is 10.2. The van der Waals surface area contributed by atoms with Crippen molar-refractivity contribution < 1.29 is 4.79 Å². The van der Waals surface area contributed by atoms with Gasteiger partial charge in [0.05, 0.1) is 0 Å². The van der Waals surface area contributed by atoms with Crippen molar-refractivity contribution in [1.82, 2.24) is 15.5 Å². The molecule has 2 N–H and O–H groups in total. The van der Waals surface area contributed by atoms with Gasteiger partial charge in [-0.25, -0.2) is 0 Å². The molecule has 1 amide bonds. The number of benzene rings is 1. The molecule has 21 heavy (non-hydrogen) atoms. The Morgan fingerprint density at radius 3 is 2.62 bits per heavy atom. The Morgan fingerprint density at radius 2 is 1.95 bits per heavy atom. The number of anilines is 1. The third-order valence-corrected chi connectivity index (χ3v) is 3.15. The lowest BCUT2D eigenvalue weighted by Gasteiger charge is -2.07. The molecular weight excluding hydrogens is 264 g/mol. The van der Waals surface area contributed by atoms with Crippen molar-refractivity contribution in [2.45, 2.75) is 26.8 Å². The SMILES string of the molecule is CCCNc1ccc(C(=O)NCc2ccccc2C)nn1. The Hall–Kier alpha value is -2.43. The van der Waals surface area contributed by atoms with E-state index in [0.717, 1.165) is 24.1 Å². The lowest BCUT2D eigenvalue weighted by atomic mass is 10.1. The number of carbonyl (C=O) groups is 1. The summed E-state index contributed by atoms with van der Waals surface area (Å²) in [6, 6.07) is 11.4. The molecule has 0 aliphatic rings. The number of aromatic nitrogens is 2. The summed E-state index contributed by atoms with van der Waals surface area (Å²) < 4.78 is 0. The zero-order chi connectivity index (χ0) is 15.1. The van der Waals surface area contributed by atoms with Crippen LogP contribution in [0.25, 0.3) is 0 Å². The van der Waals surface area contributed by atoms with Crippen molar-refractivity contribution in [3.63, 3.8) is 0 Å². The van der Waals surface area contributed by atoms with Gasteiger partial charge in [0.2, 0.25) is 0 Å². The molecule has 5 heteroatoms. The second-order valence-corrected chi connectivity index (χ2v) is 4.84. The number of aryl methyl sites for hydroxylation is 1. The molecule has 0 saturated heterocycles. The maximum atomic E-state index is 12.0. The molecule has 0 bridgehead atoms. The second kappa shape index (κ2) is 7.38. The van der Waals surface area contributed by atoms with Gasteiger partial charge in [-0.05, 0) is 36.6 Å². The topological polar surface area (TPSA) is 66.9 Å². The van der Waals surface area contributed by atoms with Gasteiger partial charge < -0.3 is 10.6 Å². The van der Waals surface area contributed by atoms with E-state index in [0.29, 0.717) is 18.1 Å². The molecule has 0 aliphatic carbocycles. The van der Waals surface area contributed by atoms with Gasteiger partial charge in [-0.3, -0.25) is 4.79 Å². The van der Waals surface area contributed by atoms with Crippen LogP contribution in [-0.2, 0) is 6.54 Å².